The first-order chi connectivity index (χ1) is 49.9. The van der Waals surface area contributed by atoms with Crippen LogP contribution in [0.2, 0.25) is 0 Å². The molecule has 4 aliphatic rings. The van der Waals surface area contributed by atoms with E-state index in [9.17, 15) is 0 Å². The summed E-state index contributed by atoms with van der Waals surface area (Å²) in [4.78, 5) is 5.31. The molecule has 4 aromatic heterocycles. The van der Waals surface area contributed by atoms with E-state index in [1.807, 2.05) is 0 Å². The number of hydrogen-bond acceptors (Lipinski definition) is 2. The zero-order valence-corrected chi connectivity index (χ0v) is 61.0. The highest BCUT2D eigenvalue weighted by molar-refractivity contribution is 6.32. The number of aromatic nitrogens is 2. The summed E-state index contributed by atoms with van der Waals surface area (Å²) in [5.41, 5.74) is 28.8. The lowest BCUT2D eigenvalue weighted by atomic mass is 9.81. The van der Waals surface area contributed by atoms with Crippen LogP contribution in [0, 0.1) is 0 Å². The number of para-hydroxylation sites is 2. The van der Waals surface area contributed by atoms with Crippen molar-refractivity contribution in [3.63, 3.8) is 0 Å². The summed E-state index contributed by atoms with van der Waals surface area (Å²) in [6.45, 7) is 14.0. The summed E-state index contributed by atoms with van der Waals surface area (Å²) in [6, 6.07) is 87.7. The molecule has 0 aliphatic heterocycles. The van der Waals surface area contributed by atoms with E-state index in [4.69, 9.17) is 0 Å². The number of anilines is 6. The van der Waals surface area contributed by atoms with E-state index in [2.05, 4.69) is 279 Å². The van der Waals surface area contributed by atoms with Crippen LogP contribution in [0.15, 0.2) is 218 Å². The van der Waals surface area contributed by atoms with E-state index in [1.54, 1.807) is 0 Å². The van der Waals surface area contributed by atoms with E-state index in [0.717, 1.165) is 0 Å². The van der Waals surface area contributed by atoms with Gasteiger partial charge in [-0.15, -0.1) is 0 Å². The maximum Gasteiger partial charge on any atom is 0.0641 e. The summed E-state index contributed by atoms with van der Waals surface area (Å²) in [6.07, 6.45) is 26.1. The number of nitrogens with zero attached hydrogens (tertiary/aromatic N) is 4. The van der Waals surface area contributed by atoms with Gasteiger partial charge in [0.1, 0.15) is 0 Å². The quantitative estimate of drug-likeness (QED) is 0.121. The van der Waals surface area contributed by atoms with E-state index in [0.29, 0.717) is 23.7 Å². The molecule has 0 unspecified atom stereocenters. The second-order valence-corrected chi connectivity index (χ2v) is 33.7. The summed E-state index contributed by atoms with van der Waals surface area (Å²) < 4.78 is 5.28. The minimum absolute atomic E-state index is 0.00941. The molecule has 4 aliphatic carbocycles. The van der Waals surface area contributed by atoms with Crippen molar-refractivity contribution in [1.82, 2.24) is 8.80 Å². The van der Waals surface area contributed by atoms with E-state index < -0.39 is 0 Å². The summed E-state index contributed by atoms with van der Waals surface area (Å²) in [7, 11) is 0. The third kappa shape index (κ3) is 10.7. The van der Waals surface area contributed by atoms with Gasteiger partial charge in [0, 0.05) is 65.6 Å². The largest absolute Gasteiger partial charge is 0.309 e. The van der Waals surface area contributed by atoms with Crippen LogP contribution in [0.1, 0.15) is 227 Å². The van der Waals surface area contributed by atoms with Crippen LogP contribution in [0.25, 0.3) is 98.4 Å². The summed E-state index contributed by atoms with van der Waals surface area (Å²) >= 11 is 0. The highest BCUT2D eigenvalue weighted by atomic mass is 15.2. The van der Waals surface area contributed by atoms with Crippen molar-refractivity contribution in [2.75, 3.05) is 9.80 Å². The lowest BCUT2D eigenvalue weighted by molar-refractivity contribution is 0.443. The lowest BCUT2D eigenvalue weighted by Gasteiger charge is -2.31. The van der Waals surface area contributed by atoms with Crippen LogP contribution in [-0.4, -0.2) is 8.80 Å². The van der Waals surface area contributed by atoms with Gasteiger partial charge in [-0.2, -0.15) is 0 Å². The van der Waals surface area contributed by atoms with Crippen LogP contribution in [0.3, 0.4) is 0 Å². The molecule has 4 heterocycles. The Bertz CT molecular complexity index is 5290. The first-order valence-corrected chi connectivity index (χ1v) is 39.5. The van der Waals surface area contributed by atoms with Crippen molar-refractivity contribution in [2.45, 2.75) is 204 Å². The zero-order valence-electron chi connectivity index (χ0n) is 61.0. The molecule has 0 atom stereocenters. The van der Waals surface area contributed by atoms with Gasteiger partial charge in [0.15, 0.2) is 0 Å². The van der Waals surface area contributed by atoms with Crippen LogP contribution in [0.4, 0.5) is 34.1 Å². The third-order valence-electron chi connectivity index (χ3n) is 25.5. The Morgan fingerprint density at radius 1 is 0.275 bits per heavy atom. The smallest absolute Gasteiger partial charge is 0.0641 e. The Morgan fingerprint density at radius 3 is 0.980 bits per heavy atom. The van der Waals surface area contributed by atoms with E-state index in [1.165, 1.54) is 294 Å². The zero-order chi connectivity index (χ0) is 68.5. The van der Waals surface area contributed by atoms with Crippen LogP contribution in [-0.2, 0) is 10.8 Å². The molecule has 0 saturated heterocycles. The fourth-order valence-corrected chi connectivity index (χ4v) is 20.0. The predicted octanol–water partition coefficient (Wildman–Crippen LogP) is 29.0. The van der Waals surface area contributed by atoms with Crippen LogP contribution in [0.5, 0.6) is 0 Å². The van der Waals surface area contributed by atoms with Crippen molar-refractivity contribution in [2.24, 2.45) is 0 Å². The summed E-state index contributed by atoms with van der Waals surface area (Å²) in [5.74, 6) is 2.38. The second-order valence-electron chi connectivity index (χ2n) is 33.7. The molecular weight excluding hydrogens is 1230 g/mol. The Balaban J connectivity index is 0.832. The lowest BCUT2D eigenvalue weighted by Crippen LogP contribution is -2.14. The molecule has 19 rings (SSSR count). The van der Waals surface area contributed by atoms with Crippen LogP contribution < -0.4 is 9.80 Å². The average molecular weight is 1330 g/mol. The van der Waals surface area contributed by atoms with Crippen molar-refractivity contribution >= 4 is 110 Å². The molecule has 0 bridgehead atoms. The molecule has 15 aromatic rings. The van der Waals surface area contributed by atoms with Crippen molar-refractivity contribution in [3.05, 3.63) is 252 Å². The summed E-state index contributed by atoms with van der Waals surface area (Å²) in [5, 5.41) is 10.3. The Morgan fingerprint density at radius 2 is 0.618 bits per heavy atom. The van der Waals surface area contributed by atoms with Gasteiger partial charge in [-0.1, -0.05) is 252 Å². The standard InChI is InChI=1S/C98H98N4/c1-97(2,3)73-43-47-75(48-44-73)99(87-53-41-69(65-29-15-9-16-30-65)59-81(87)71-35-23-33-67(57-71)63-25-11-7-12-26-63)89-55-51-77-83-61-92-84(62-91(83)101-85-39-21-19-37-79(85)93(89)95(77)101)78-52-56-90(94-80-38-20-22-40-86(80)102(92)96(78)94)100(76-49-45-74(46-50-76)98(4,5)6)88-54-42-70(66-31-17-10-18-32-66)60-82(88)72-36-24-34-68(58-72)64-27-13-8-14-28-64/h19-24,33-66H,7-18,25-32H2,1-6H3. The molecule has 4 heteroatoms. The minimum Gasteiger partial charge on any atom is -0.309 e. The van der Waals surface area contributed by atoms with Gasteiger partial charge < -0.3 is 18.6 Å². The number of rotatable bonds is 12. The Kier molecular flexibility index (Phi) is 15.7. The molecule has 4 fully saturated rings. The molecule has 0 N–H and O–H groups in total. The van der Waals surface area contributed by atoms with Gasteiger partial charge in [0.25, 0.3) is 0 Å². The minimum atomic E-state index is 0.00941. The molecule has 0 amide bonds. The maximum atomic E-state index is 2.65. The van der Waals surface area contributed by atoms with Crippen molar-refractivity contribution in [1.29, 1.82) is 0 Å². The first kappa shape index (κ1) is 63.5. The number of fused-ring (bicyclic) bond motifs is 12. The maximum absolute atomic E-state index is 2.65. The Hall–Kier alpha value is -9.38. The molecule has 11 aromatic carbocycles. The fourth-order valence-electron chi connectivity index (χ4n) is 20.0. The highest BCUT2D eigenvalue weighted by Gasteiger charge is 2.32. The second kappa shape index (κ2) is 25.2. The van der Waals surface area contributed by atoms with E-state index in [-0.39, 0.29) is 10.8 Å². The van der Waals surface area contributed by atoms with Gasteiger partial charge in [0.2, 0.25) is 0 Å². The third-order valence-corrected chi connectivity index (χ3v) is 25.5. The molecule has 102 heavy (non-hydrogen) atoms. The average Bonchev–Trinajstić information content (AvgIpc) is 1.51. The van der Waals surface area contributed by atoms with Gasteiger partial charge in [-0.3, -0.25) is 0 Å². The Labute approximate surface area is 603 Å². The normalized spacial score (nSPS) is 16.8. The van der Waals surface area contributed by atoms with Gasteiger partial charge in [-0.05, 0) is 215 Å². The molecule has 0 radical (unpaired) electrons. The SMILES string of the molecule is CC(C)(C)c1ccc(N(c2ccc(C3CCCCC3)cc2-c2cccc(C3CCCCC3)c2)c2ccc3c4cc5c(cc4n4c6ccccc6c2c34)c2ccc(N(c3ccc(C(C)(C)C)cc3)c3ccc(C4CCCCC4)cc3-c3cccc(C4CCCCC4)c3)c3c4ccccc4n5c23)cc1. The van der Waals surface area contributed by atoms with Crippen LogP contribution >= 0.6 is 0 Å². The highest BCUT2D eigenvalue weighted by Crippen LogP contribution is 2.55. The first-order valence-electron chi connectivity index (χ1n) is 39.5. The number of hydrogen-bond donors (Lipinski definition) is 0. The molecule has 510 valence electrons. The topological polar surface area (TPSA) is 15.3 Å². The van der Waals surface area contributed by atoms with Crippen molar-refractivity contribution < 1.29 is 0 Å². The molecular formula is C98H98N4. The van der Waals surface area contributed by atoms with Gasteiger partial charge >= 0.3 is 0 Å². The van der Waals surface area contributed by atoms with Gasteiger partial charge in [-0.25, -0.2) is 0 Å². The van der Waals surface area contributed by atoms with E-state index >= 15 is 0 Å². The fraction of sp³-hybridized carbons (Fsp3) is 0.327. The van der Waals surface area contributed by atoms with Gasteiger partial charge in [0.05, 0.1) is 55.8 Å². The molecule has 0 spiro atoms. The van der Waals surface area contributed by atoms with Crippen molar-refractivity contribution in [3.8, 4) is 22.3 Å². The molecule has 4 saturated carbocycles. The monoisotopic (exact) mass is 1330 g/mol. The molecule has 4 nitrogen and oxygen atoms in total. The number of benzene rings is 11. The predicted molar refractivity (Wildman–Crippen MR) is 437 cm³/mol.